The number of carbonyl (C=O) groups is 1. The van der Waals surface area contributed by atoms with Gasteiger partial charge in [0.2, 0.25) is 5.28 Å². The summed E-state index contributed by atoms with van der Waals surface area (Å²) in [7, 11) is 0. The molecular formula is C19H16ClN5O3. The molecule has 0 bridgehead atoms. The molecule has 0 spiro atoms. The Morgan fingerprint density at radius 3 is 2.79 bits per heavy atom. The van der Waals surface area contributed by atoms with E-state index in [2.05, 4.69) is 19.9 Å². The number of aryl methyl sites for hydroxylation is 1. The molecule has 3 aromatic heterocycles. The molecule has 9 heteroatoms. The standard InChI is InChI=1S/C19H16ClN5O3/c1-12-7-8-14(28-12)9-25(19(26)27-10-13-5-3-2-4-6-13)17-15-16(22-11-21-15)23-18(20)24-17/h2-8,11H,9-10H2,1H3,(H,21,22,23,24). The van der Waals surface area contributed by atoms with Crippen LogP contribution in [0, 0.1) is 6.92 Å². The normalized spacial score (nSPS) is 10.9. The monoisotopic (exact) mass is 397 g/mol. The summed E-state index contributed by atoms with van der Waals surface area (Å²) < 4.78 is 11.1. The van der Waals surface area contributed by atoms with E-state index < -0.39 is 6.09 Å². The van der Waals surface area contributed by atoms with Crippen molar-refractivity contribution in [2.24, 2.45) is 0 Å². The van der Waals surface area contributed by atoms with Gasteiger partial charge in [0.1, 0.15) is 23.6 Å². The van der Waals surface area contributed by atoms with Gasteiger partial charge in [0, 0.05) is 0 Å². The lowest BCUT2D eigenvalue weighted by molar-refractivity contribution is 0.146. The number of fused-ring (bicyclic) bond motifs is 1. The molecule has 0 aliphatic rings. The van der Waals surface area contributed by atoms with Crippen LogP contribution in [0.5, 0.6) is 0 Å². The number of furan rings is 1. The molecule has 1 aromatic carbocycles. The predicted octanol–water partition coefficient (Wildman–Crippen LogP) is 4.25. The fraction of sp³-hybridized carbons (Fsp3) is 0.158. The minimum Gasteiger partial charge on any atom is -0.464 e. The summed E-state index contributed by atoms with van der Waals surface area (Å²) in [6, 6.07) is 13.0. The van der Waals surface area contributed by atoms with Crippen molar-refractivity contribution in [1.82, 2.24) is 19.9 Å². The Morgan fingerprint density at radius 2 is 2.04 bits per heavy atom. The number of rotatable bonds is 5. The second kappa shape index (κ2) is 7.69. The number of benzene rings is 1. The third kappa shape index (κ3) is 3.81. The van der Waals surface area contributed by atoms with Crippen molar-refractivity contribution in [1.29, 1.82) is 0 Å². The number of hydrogen-bond acceptors (Lipinski definition) is 6. The third-order valence-electron chi connectivity index (χ3n) is 4.03. The number of nitrogens with one attached hydrogen (secondary N) is 1. The Bertz CT molecular complexity index is 1110. The van der Waals surface area contributed by atoms with Gasteiger partial charge in [0.15, 0.2) is 11.5 Å². The molecule has 1 amide bonds. The zero-order chi connectivity index (χ0) is 19.5. The van der Waals surface area contributed by atoms with Gasteiger partial charge in [-0.3, -0.25) is 4.90 Å². The zero-order valence-electron chi connectivity index (χ0n) is 14.9. The van der Waals surface area contributed by atoms with Gasteiger partial charge >= 0.3 is 6.09 Å². The molecule has 8 nitrogen and oxygen atoms in total. The molecule has 0 atom stereocenters. The fourth-order valence-corrected chi connectivity index (χ4v) is 2.90. The van der Waals surface area contributed by atoms with Crippen LogP contribution < -0.4 is 4.90 Å². The molecule has 0 unspecified atom stereocenters. The van der Waals surface area contributed by atoms with Gasteiger partial charge in [-0.25, -0.2) is 9.78 Å². The largest absolute Gasteiger partial charge is 0.464 e. The van der Waals surface area contributed by atoms with Crippen LogP contribution in [0.1, 0.15) is 17.1 Å². The van der Waals surface area contributed by atoms with E-state index in [4.69, 9.17) is 20.8 Å². The van der Waals surface area contributed by atoms with Crippen molar-refractivity contribution in [2.45, 2.75) is 20.1 Å². The van der Waals surface area contributed by atoms with E-state index in [9.17, 15) is 4.79 Å². The Hall–Kier alpha value is -3.39. The van der Waals surface area contributed by atoms with Crippen LogP contribution in [0.15, 0.2) is 53.2 Å². The summed E-state index contributed by atoms with van der Waals surface area (Å²) in [5, 5.41) is -0.0221. The van der Waals surface area contributed by atoms with Crippen molar-refractivity contribution in [3.8, 4) is 0 Å². The van der Waals surface area contributed by atoms with E-state index in [0.29, 0.717) is 16.9 Å². The van der Waals surface area contributed by atoms with E-state index in [-0.39, 0.29) is 24.3 Å². The average molecular weight is 398 g/mol. The molecule has 0 saturated carbocycles. The van der Waals surface area contributed by atoms with Crippen LogP contribution in [-0.4, -0.2) is 26.0 Å². The smallest absolute Gasteiger partial charge is 0.416 e. The molecule has 0 fully saturated rings. The highest BCUT2D eigenvalue weighted by atomic mass is 35.5. The lowest BCUT2D eigenvalue weighted by Gasteiger charge is -2.20. The first-order valence-electron chi connectivity index (χ1n) is 8.50. The molecule has 28 heavy (non-hydrogen) atoms. The SMILES string of the molecule is Cc1ccc(CN(C(=O)OCc2ccccc2)c2nc(Cl)nc3nc[nH]c23)o1. The first-order chi connectivity index (χ1) is 13.6. The van der Waals surface area contributed by atoms with E-state index in [0.717, 1.165) is 11.3 Å². The number of imidazole rings is 1. The fourth-order valence-electron chi connectivity index (χ4n) is 2.74. The quantitative estimate of drug-likeness (QED) is 0.505. The van der Waals surface area contributed by atoms with E-state index >= 15 is 0 Å². The molecule has 0 aliphatic carbocycles. The van der Waals surface area contributed by atoms with Gasteiger partial charge < -0.3 is 14.1 Å². The van der Waals surface area contributed by atoms with Crippen LogP contribution in [-0.2, 0) is 17.9 Å². The van der Waals surface area contributed by atoms with Crippen molar-refractivity contribution in [2.75, 3.05) is 4.90 Å². The van der Waals surface area contributed by atoms with Gasteiger partial charge in [0.05, 0.1) is 12.9 Å². The molecule has 4 rings (SSSR count). The molecular weight excluding hydrogens is 382 g/mol. The first-order valence-corrected chi connectivity index (χ1v) is 8.88. The molecule has 0 saturated heterocycles. The number of amides is 1. The van der Waals surface area contributed by atoms with Crippen LogP contribution in [0.2, 0.25) is 5.28 Å². The van der Waals surface area contributed by atoms with Crippen molar-refractivity contribution < 1.29 is 13.9 Å². The van der Waals surface area contributed by atoms with Gasteiger partial charge in [-0.05, 0) is 36.2 Å². The lowest BCUT2D eigenvalue weighted by Crippen LogP contribution is -2.32. The number of aromatic nitrogens is 4. The highest BCUT2D eigenvalue weighted by Gasteiger charge is 2.25. The van der Waals surface area contributed by atoms with Crippen molar-refractivity contribution >= 4 is 34.7 Å². The van der Waals surface area contributed by atoms with E-state index in [1.165, 1.54) is 11.2 Å². The predicted molar refractivity (Wildman–Crippen MR) is 103 cm³/mol. The van der Waals surface area contributed by atoms with Gasteiger partial charge in [-0.15, -0.1) is 0 Å². The van der Waals surface area contributed by atoms with Gasteiger partial charge in [-0.2, -0.15) is 9.97 Å². The third-order valence-corrected chi connectivity index (χ3v) is 4.20. The Morgan fingerprint density at radius 1 is 1.21 bits per heavy atom. The number of anilines is 1. The number of ether oxygens (including phenoxy) is 1. The van der Waals surface area contributed by atoms with Crippen molar-refractivity contribution in [3.05, 3.63) is 71.2 Å². The number of halogens is 1. The van der Waals surface area contributed by atoms with Gasteiger partial charge in [-0.1, -0.05) is 30.3 Å². The molecule has 0 radical (unpaired) electrons. The average Bonchev–Trinajstić information content (AvgIpc) is 3.33. The Balaban J connectivity index is 1.66. The molecule has 4 aromatic rings. The summed E-state index contributed by atoms with van der Waals surface area (Å²) in [4.78, 5) is 29.6. The minimum absolute atomic E-state index is 0.0221. The Labute approximate surface area is 165 Å². The van der Waals surface area contributed by atoms with Gasteiger partial charge in [0.25, 0.3) is 0 Å². The zero-order valence-corrected chi connectivity index (χ0v) is 15.7. The highest BCUT2D eigenvalue weighted by Crippen LogP contribution is 2.26. The summed E-state index contributed by atoms with van der Waals surface area (Å²) in [5.41, 5.74) is 1.70. The maximum absolute atomic E-state index is 12.9. The molecule has 3 heterocycles. The topological polar surface area (TPSA) is 97.1 Å². The maximum Gasteiger partial charge on any atom is 0.416 e. The summed E-state index contributed by atoms with van der Waals surface area (Å²) in [6.45, 7) is 2.07. The highest BCUT2D eigenvalue weighted by molar-refractivity contribution is 6.28. The number of carbonyl (C=O) groups excluding carboxylic acids is 1. The van der Waals surface area contributed by atoms with E-state index in [1.807, 2.05) is 43.3 Å². The second-order valence-electron chi connectivity index (χ2n) is 6.06. The van der Waals surface area contributed by atoms with Crippen molar-refractivity contribution in [3.63, 3.8) is 0 Å². The second-order valence-corrected chi connectivity index (χ2v) is 6.39. The molecule has 0 aliphatic heterocycles. The number of H-pyrrole nitrogens is 1. The minimum atomic E-state index is -0.594. The van der Waals surface area contributed by atoms with E-state index in [1.54, 1.807) is 6.07 Å². The molecule has 142 valence electrons. The van der Waals surface area contributed by atoms with Crippen LogP contribution in [0.25, 0.3) is 11.2 Å². The van der Waals surface area contributed by atoms with Crippen LogP contribution >= 0.6 is 11.6 Å². The van der Waals surface area contributed by atoms with Crippen LogP contribution in [0.4, 0.5) is 10.6 Å². The van der Waals surface area contributed by atoms with Crippen LogP contribution in [0.3, 0.4) is 0 Å². The summed E-state index contributed by atoms with van der Waals surface area (Å²) in [6.07, 6.45) is 0.868. The lowest BCUT2D eigenvalue weighted by atomic mass is 10.2. The number of aromatic amines is 1. The number of hydrogen-bond donors (Lipinski definition) is 1. The molecule has 1 N–H and O–H groups in total. The summed E-state index contributed by atoms with van der Waals surface area (Å²) in [5.74, 6) is 1.58. The number of nitrogens with zero attached hydrogens (tertiary/aromatic N) is 4. The summed E-state index contributed by atoms with van der Waals surface area (Å²) >= 11 is 6.03. The maximum atomic E-state index is 12.9. The first kappa shape index (κ1) is 18.0. The Kier molecular flexibility index (Phi) is 4.94.